The van der Waals surface area contributed by atoms with Crippen molar-refractivity contribution in [2.24, 2.45) is 0 Å². The van der Waals surface area contributed by atoms with Gasteiger partial charge in [0, 0.05) is 31.4 Å². The largest absolute Gasteiger partial charge is 0.356 e. The molecule has 0 saturated carbocycles. The van der Waals surface area contributed by atoms with E-state index >= 15 is 0 Å². The van der Waals surface area contributed by atoms with Crippen molar-refractivity contribution in [3.8, 4) is 5.69 Å². The lowest BCUT2D eigenvalue weighted by Crippen LogP contribution is -2.33. The van der Waals surface area contributed by atoms with E-state index in [-0.39, 0.29) is 23.9 Å². The molecule has 1 aromatic carbocycles. The van der Waals surface area contributed by atoms with Crippen LogP contribution in [0.25, 0.3) is 5.69 Å². The van der Waals surface area contributed by atoms with Crippen LogP contribution in [0, 0.1) is 19.7 Å². The Labute approximate surface area is 165 Å². The molecule has 9 heteroatoms. The zero-order valence-corrected chi connectivity index (χ0v) is 17.5. The Hall–Kier alpha value is -2.26. The van der Waals surface area contributed by atoms with Crippen LogP contribution >= 0.6 is 0 Å². The van der Waals surface area contributed by atoms with Gasteiger partial charge in [-0.05, 0) is 51.5 Å². The van der Waals surface area contributed by atoms with Gasteiger partial charge in [-0.1, -0.05) is 0 Å². The van der Waals surface area contributed by atoms with E-state index in [1.165, 1.54) is 23.5 Å². The number of nitrogens with zero attached hydrogens (tertiary/aromatic N) is 3. The molecular formula is C19H27FN4O3S. The van der Waals surface area contributed by atoms with Gasteiger partial charge in [0.05, 0.1) is 23.6 Å². The molecule has 0 aliphatic rings. The molecule has 0 aliphatic carbocycles. The summed E-state index contributed by atoms with van der Waals surface area (Å²) < 4.78 is 39.5. The van der Waals surface area contributed by atoms with Gasteiger partial charge in [0.15, 0.2) is 0 Å². The van der Waals surface area contributed by atoms with Crippen LogP contribution in [0.4, 0.5) is 4.39 Å². The Morgan fingerprint density at radius 2 is 1.89 bits per heavy atom. The molecule has 0 unspecified atom stereocenters. The third-order valence-corrected chi connectivity index (χ3v) is 6.52. The quantitative estimate of drug-likeness (QED) is 0.641. The number of aromatic nitrogens is 2. The van der Waals surface area contributed by atoms with E-state index in [0.29, 0.717) is 19.5 Å². The molecule has 0 bridgehead atoms. The molecule has 0 spiro atoms. The maximum Gasteiger partial charge on any atom is 0.224 e. The van der Waals surface area contributed by atoms with Gasteiger partial charge in [-0.2, -0.15) is 5.10 Å². The average molecular weight is 411 g/mol. The Morgan fingerprint density at radius 1 is 1.25 bits per heavy atom. The lowest BCUT2D eigenvalue weighted by atomic mass is 10.1. The molecular weight excluding hydrogens is 383 g/mol. The third-order valence-electron chi connectivity index (χ3n) is 4.66. The van der Waals surface area contributed by atoms with E-state index in [0.717, 1.165) is 22.6 Å². The molecule has 1 aromatic heterocycles. The first-order valence-electron chi connectivity index (χ1n) is 9.17. The Morgan fingerprint density at radius 3 is 2.50 bits per heavy atom. The molecule has 7 nitrogen and oxygen atoms in total. The molecule has 0 saturated heterocycles. The summed E-state index contributed by atoms with van der Waals surface area (Å²) in [5.74, 6) is -0.403. The minimum absolute atomic E-state index is 0.0620. The summed E-state index contributed by atoms with van der Waals surface area (Å²) in [5.41, 5.74) is 3.13. The van der Waals surface area contributed by atoms with Crippen LogP contribution in [0.15, 0.2) is 24.3 Å². The van der Waals surface area contributed by atoms with Crippen molar-refractivity contribution in [3.05, 3.63) is 47.0 Å². The van der Waals surface area contributed by atoms with Gasteiger partial charge in [-0.3, -0.25) is 4.79 Å². The first-order valence-corrected chi connectivity index (χ1v) is 10.8. The zero-order chi connectivity index (χ0) is 20.9. The lowest BCUT2D eigenvalue weighted by Gasteiger charge is -2.15. The van der Waals surface area contributed by atoms with Crippen LogP contribution in [0.2, 0.25) is 0 Å². The van der Waals surface area contributed by atoms with Crippen molar-refractivity contribution in [2.45, 2.75) is 33.6 Å². The highest BCUT2D eigenvalue weighted by atomic mass is 32.2. The Balaban J connectivity index is 1.93. The monoisotopic (exact) mass is 410 g/mol. The van der Waals surface area contributed by atoms with Crippen LogP contribution in [0.5, 0.6) is 0 Å². The normalized spacial score (nSPS) is 11.8. The highest BCUT2D eigenvalue weighted by Crippen LogP contribution is 2.18. The van der Waals surface area contributed by atoms with Crippen molar-refractivity contribution in [1.29, 1.82) is 0 Å². The molecule has 1 heterocycles. The number of sulfonamides is 1. The molecule has 0 radical (unpaired) electrons. The number of rotatable bonds is 9. The highest BCUT2D eigenvalue weighted by Gasteiger charge is 2.17. The SMILES string of the molecule is CCS(=O)(=O)N(C)CCCNC(=O)Cc1c(C)nn(-c2ccc(F)cc2)c1C. The van der Waals surface area contributed by atoms with E-state index in [2.05, 4.69) is 10.4 Å². The molecule has 0 aliphatic heterocycles. The second-order valence-corrected chi connectivity index (χ2v) is 9.00. The minimum Gasteiger partial charge on any atom is -0.356 e. The maximum absolute atomic E-state index is 13.1. The first-order chi connectivity index (χ1) is 13.2. The van der Waals surface area contributed by atoms with Gasteiger partial charge in [-0.25, -0.2) is 21.8 Å². The molecule has 154 valence electrons. The second-order valence-electron chi connectivity index (χ2n) is 6.64. The standard InChI is InChI=1S/C19H27FN4O3S/c1-5-28(26,27)23(4)12-6-11-21-19(25)13-18-14(2)22-24(15(18)3)17-9-7-16(20)8-10-17/h7-10H,5-6,11-13H2,1-4H3,(H,21,25). The molecule has 2 aromatic rings. The van der Waals surface area contributed by atoms with Crippen LogP contribution in [-0.2, 0) is 21.2 Å². The Kier molecular flexibility index (Phi) is 7.31. The first kappa shape index (κ1) is 22.0. The molecule has 0 atom stereocenters. The smallest absolute Gasteiger partial charge is 0.224 e. The summed E-state index contributed by atoms with van der Waals surface area (Å²) in [6.45, 7) is 6.06. The van der Waals surface area contributed by atoms with Gasteiger partial charge < -0.3 is 5.32 Å². The fraction of sp³-hybridized carbons (Fsp3) is 0.474. The number of amides is 1. The van der Waals surface area contributed by atoms with Crippen molar-refractivity contribution in [1.82, 2.24) is 19.4 Å². The summed E-state index contributed by atoms with van der Waals surface area (Å²) >= 11 is 0. The van der Waals surface area contributed by atoms with Gasteiger partial charge in [0.25, 0.3) is 0 Å². The van der Waals surface area contributed by atoms with E-state index < -0.39 is 10.0 Å². The number of nitrogens with one attached hydrogen (secondary N) is 1. The summed E-state index contributed by atoms with van der Waals surface area (Å²) in [6, 6.07) is 6.01. The van der Waals surface area contributed by atoms with E-state index in [1.807, 2.05) is 13.8 Å². The number of carbonyl (C=O) groups is 1. The molecule has 2 rings (SSSR count). The number of benzene rings is 1. The number of hydrogen-bond acceptors (Lipinski definition) is 4. The highest BCUT2D eigenvalue weighted by molar-refractivity contribution is 7.89. The van der Waals surface area contributed by atoms with Crippen LogP contribution in [0.1, 0.15) is 30.3 Å². The molecule has 1 N–H and O–H groups in total. The van der Waals surface area contributed by atoms with E-state index in [1.54, 1.807) is 23.7 Å². The fourth-order valence-corrected chi connectivity index (χ4v) is 3.72. The zero-order valence-electron chi connectivity index (χ0n) is 16.7. The van der Waals surface area contributed by atoms with Crippen molar-refractivity contribution in [2.75, 3.05) is 25.9 Å². The van der Waals surface area contributed by atoms with Gasteiger partial charge >= 0.3 is 0 Å². The fourth-order valence-electron chi connectivity index (χ4n) is 2.88. The topological polar surface area (TPSA) is 84.3 Å². The van der Waals surface area contributed by atoms with Gasteiger partial charge in [0.2, 0.25) is 15.9 Å². The van der Waals surface area contributed by atoms with Gasteiger partial charge in [0.1, 0.15) is 5.82 Å². The van der Waals surface area contributed by atoms with Crippen LogP contribution in [-0.4, -0.2) is 54.3 Å². The van der Waals surface area contributed by atoms with Crippen molar-refractivity contribution in [3.63, 3.8) is 0 Å². The second kappa shape index (κ2) is 9.29. The predicted molar refractivity (Wildman–Crippen MR) is 106 cm³/mol. The summed E-state index contributed by atoms with van der Waals surface area (Å²) in [4.78, 5) is 12.3. The molecule has 1 amide bonds. The third kappa shape index (κ3) is 5.39. The predicted octanol–water partition coefficient (Wildman–Crippen LogP) is 1.96. The number of hydrogen-bond donors (Lipinski definition) is 1. The van der Waals surface area contributed by atoms with Crippen molar-refractivity contribution >= 4 is 15.9 Å². The average Bonchev–Trinajstić information content (AvgIpc) is 2.93. The van der Waals surface area contributed by atoms with Crippen LogP contribution in [0.3, 0.4) is 0 Å². The van der Waals surface area contributed by atoms with Crippen molar-refractivity contribution < 1.29 is 17.6 Å². The van der Waals surface area contributed by atoms with E-state index in [4.69, 9.17) is 0 Å². The summed E-state index contributed by atoms with van der Waals surface area (Å²) in [5, 5.41) is 7.28. The van der Waals surface area contributed by atoms with Crippen LogP contribution < -0.4 is 5.32 Å². The van der Waals surface area contributed by atoms with E-state index in [9.17, 15) is 17.6 Å². The maximum atomic E-state index is 13.1. The molecule has 28 heavy (non-hydrogen) atoms. The number of aryl methyl sites for hydroxylation is 1. The summed E-state index contributed by atoms with van der Waals surface area (Å²) in [6.07, 6.45) is 0.718. The number of halogens is 1. The lowest BCUT2D eigenvalue weighted by molar-refractivity contribution is -0.120. The summed E-state index contributed by atoms with van der Waals surface area (Å²) in [7, 11) is -1.66. The molecule has 0 fully saturated rings. The minimum atomic E-state index is -3.20. The van der Waals surface area contributed by atoms with Gasteiger partial charge in [-0.15, -0.1) is 0 Å². The number of carbonyl (C=O) groups excluding carboxylic acids is 1. The Bertz CT molecular complexity index is 923.